The van der Waals surface area contributed by atoms with Crippen molar-refractivity contribution >= 4 is 89.7 Å². The van der Waals surface area contributed by atoms with Crippen molar-refractivity contribution in [2.24, 2.45) is 0 Å². The number of allylic oxidation sites excluding steroid dienone is 4. The molecular weight excluding hydrogens is 801 g/mol. The van der Waals surface area contributed by atoms with E-state index in [-0.39, 0.29) is 0 Å². The first-order valence-electron chi connectivity index (χ1n) is 23.0. The van der Waals surface area contributed by atoms with E-state index in [4.69, 9.17) is 0 Å². The van der Waals surface area contributed by atoms with E-state index in [2.05, 4.69) is 238 Å². The molecule has 0 fully saturated rings. The zero-order valence-corrected chi connectivity index (χ0v) is 36.1. The number of aromatic nitrogens is 4. The monoisotopic (exact) mass is 842 g/mol. The first-order chi connectivity index (χ1) is 32.7. The summed E-state index contributed by atoms with van der Waals surface area (Å²) < 4.78 is 4.74. The van der Waals surface area contributed by atoms with Gasteiger partial charge in [-0.3, -0.25) is 0 Å². The smallest absolute Gasteiger partial charge is 0.0541 e. The molecule has 8 aromatic carbocycles. The molecule has 0 saturated carbocycles. The summed E-state index contributed by atoms with van der Waals surface area (Å²) in [5, 5.41) is 9.92. The fourth-order valence-electron chi connectivity index (χ4n) is 11.1. The van der Waals surface area contributed by atoms with Gasteiger partial charge in [-0.05, 0) is 143 Å². The number of aryl methyl sites for hydroxylation is 2. The van der Waals surface area contributed by atoms with Crippen molar-refractivity contribution in [2.75, 3.05) is 0 Å². The number of nitrogens with zero attached hydrogens (tertiary/aromatic N) is 2. The lowest BCUT2D eigenvalue weighted by atomic mass is 9.84. The fourth-order valence-corrected chi connectivity index (χ4v) is 11.1. The van der Waals surface area contributed by atoms with Gasteiger partial charge in [0.25, 0.3) is 0 Å². The molecule has 2 aliphatic rings. The van der Waals surface area contributed by atoms with Crippen LogP contribution >= 0.6 is 0 Å². The summed E-state index contributed by atoms with van der Waals surface area (Å²) >= 11 is 0. The topological polar surface area (TPSA) is 41.4 Å². The van der Waals surface area contributed by atoms with Crippen LogP contribution in [0.3, 0.4) is 0 Å². The molecule has 0 amide bonds. The number of fused-ring (bicyclic) bond motifs is 15. The number of hydrogen-bond donors (Lipinski definition) is 2. The molecule has 0 spiro atoms. The van der Waals surface area contributed by atoms with E-state index in [1.54, 1.807) is 0 Å². The van der Waals surface area contributed by atoms with E-state index in [1.165, 1.54) is 104 Å². The summed E-state index contributed by atoms with van der Waals surface area (Å²) in [5.74, 6) is 0. The SMILES string of the molecule is C1=C\c2[nH]c3cc4c(cc3c2/C=C/C=C/C=c2\c(c3ccccc3n2-c2ccccc2)=C/1)CCc1cc2c(cc1-4)[nH]c1ccc(-c3ccc4c(c3)c3ccccc3n4-c3ccccc3)cc12. The lowest BCUT2D eigenvalue weighted by Gasteiger charge is -2.20. The van der Waals surface area contributed by atoms with E-state index in [0.717, 1.165) is 40.6 Å². The largest absolute Gasteiger partial charge is 0.354 e. The summed E-state index contributed by atoms with van der Waals surface area (Å²) in [4.78, 5) is 7.66. The third kappa shape index (κ3) is 5.65. The maximum absolute atomic E-state index is 3.85. The number of H-pyrrole nitrogens is 2. The van der Waals surface area contributed by atoms with Crippen LogP contribution in [-0.2, 0) is 12.8 Å². The van der Waals surface area contributed by atoms with Crippen LogP contribution in [0.25, 0.3) is 123 Å². The van der Waals surface area contributed by atoms with Gasteiger partial charge >= 0.3 is 0 Å². The van der Waals surface area contributed by atoms with Crippen molar-refractivity contribution in [1.82, 2.24) is 19.1 Å². The van der Waals surface area contributed by atoms with E-state index < -0.39 is 0 Å². The molecule has 66 heavy (non-hydrogen) atoms. The number of benzene rings is 8. The summed E-state index contributed by atoms with van der Waals surface area (Å²) in [6.07, 6.45) is 19.7. The van der Waals surface area contributed by atoms with Gasteiger partial charge in [-0.2, -0.15) is 0 Å². The van der Waals surface area contributed by atoms with E-state index >= 15 is 0 Å². The maximum atomic E-state index is 3.85. The quantitative estimate of drug-likeness (QED) is 0.178. The average molecular weight is 843 g/mol. The molecule has 310 valence electrons. The first kappa shape index (κ1) is 36.8. The molecule has 4 aromatic heterocycles. The number of rotatable bonds is 3. The van der Waals surface area contributed by atoms with Gasteiger partial charge in [-0.25, -0.2) is 0 Å². The highest BCUT2D eigenvalue weighted by molar-refractivity contribution is 6.13. The van der Waals surface area contributed by atoms with Crippen LogP contribution in [0.5, 0.6) is 0 Å². The Hall–Kier alpha value is -8.60. The van der Waals surface area contributed by atoms with Gasteiger partial charge in [0.05, 0.1) is 21.9 Å². The van der Waals surface area contributed by atoms with Gasteiger partial charge in [0.15, 0.2) is 0 Å². The Morgan fingerprint density at radius 3 is 1.76 bits per heavy atom. The summed E-state index contributed by atoms with van der Waals surface area (Å²) in [5.41, 5.74) is 19.6. The highest BCUT2D eigenvalue weighted by Crippen LogP contribution is 2.42. The number of aromatic amines is 2. The second-order valence-corrected chi connectivity index (χ2v) is 17.8. The van der Waals surface area contributed by atoms with Crippen LogP contribution in [0.4, 0.5) is 0 Å². The number of para-hydroxylation sites is 4. The molecule has 0 unspecified atom stereocenters. The van der Waals surface area contributed by atoms with Crippen molar-refractivity contribution in [2.45, 2.75) is 12.8 Å². The number of hydrogen-bond acceptors (Lipinski definition) is 0. The van der Waals surface area contributed by atoms with Crippen LogP contribution < -0.4 is 10.6 Å². The van der Waals surface area contributed by atoms with Crippen LogP contribution in [0.1, 0.15) is 22.4 Å². The van der Waals surface area contributed by atoms with E-state index in [9.17, 15) is 0 Å². The highest BCUT2D eigenvalue weighted by Gasteiger charge is 2.22. The normalized spacial score (nSPS) is 15.9. The lowest BCUT2D eigenvalue weighted by molar-refractivity contribution is 0.946. The molecule has 4 heterocycles. The van der Waals surface area contributed by atoms with Gasteiger partial charge in [0.1, 0.15) is 0 Å². The molecule has 4 nitrogen and oxygen atoms in total. The Kier molecular flexibility index (Phi) is 8.07. The summed E-state index contributed by atoms with van der Waals surface area (Å²) in [6, 6.07) is 62.3. The van der Waals surface area contributed by atoms with Gasteiger partial charge in [-0.15, -0.1) is 0 Å². The summed E-state index contributed by atoms with van der Waals surface area (Å²) in [7, 11) is 0. The Labute approximate surface area is 380 Å². The zero-order chi connectivity index (χ0) is 43.3. The fraction of sp³-hybridized carbons (Fsp3) is 0.0323. The summed E-state index contributed by atoms with van der Waals surface area (Å²) in [6.45, 7) is 0. The van der Waals surface area contributed by atoms with Crippen LogP contribution in [0.2, 0.25) is 0 Å². The second kappa shape index (κ2) is 14.5. The van der Waals surface area contributed by atoms with Crippen LogP contribution in [-0.4, -0.2) is 19.1 Å². The van der Waals surface area contributed by atoms with Crippen molar-refractivity contribution < 1.29 is 0 Å². The van der Waals surface area contributed by atoms with Crippen molar-refractivity contribution in [3.63, 3.8) is 0 Å². The van der Waals surface area contributed by atoms with Gasteiger partial charge in [0.2, 0.25) is 0 Å². The Bertz CT molecular complexity index is 4200. The molecule has 14 rings (SSSR count). The molecule has 0 bridgehead atoms. The van der Waals surface area contributed by atoms with Crippen LogP contribution in [0, 0.1) is 0 Å². The minimum Gasteiger partial charge on any atom is -0.354 e. The molecule has 0 aliphatic heterocycles. The van der Waals surface area contributed by atoms with Crippen molar-refractivity contribution in [3.8, 4) is 33.6 Å². The molecule has 0 atom stereocenters. The number of nitrogens with one attached hydrogen (secondary N) is 2. The van der Waals surface area contributed by atoms with Crippen molar-refractivity contribution in [3.05, 3.63) is 227 Å². The van der Waals surface area contributed by atoms with Gasteiger partial charge < -0.3 is 19.1 Å². The molecular formula is C62H42N4. The van der Waals surface area contributed by atoms with Crippen molar-refractivity contribution in [1.29, 1.82) is 0 Å². The highest BCUT2D eigenvalue weighted by atomic mass is 15.0. The minimum absolute atomic E-state index is 1.00. The Morgan fingerprint density at radius 2 is 0.985 bits per heavy atom. The van der Waals surface area contributed by atoms with E-state index in [1.807, 2.05) is 0 Å². The lowest BCUT2D eigenvalue weighted by Crippen LogP contribution is -2.28. The standard InChI is InChI=1S/C62H42N4/c1-4-15-43(16-5-1)65-59-24-9-3-8-19-45-51-35-41-27-28-42-36-53-52-33-39(40-30-32-62-54(34-40)48-21-11-13-26-61(48)66(62)44-17-6-2-7-18-44)29-31-56(52)64-58(53)38-50(42)49(41)37-57(51)63-55(45)23-14-22-47(59)46-20-10-12-25-60(46)65/h1-26,29-38,63-64H,27-28H2/b8-3?,9-3+,19-8+,22-14?,23-14-,24-9?,45-19?,47-22-,55-23?,59-24+. The first-order valence-corrected chi connectivity index (χ1v) is 23.0. The molecule has 12 aromatic rings. The van der Waals surface area contributed by atoms with Gasteiger partial charge in [-0.1, -0.05) is 121 Å². The Balaban J connectivity index is 0.850. The predicted octanol–water partition coefficient (Wildman–Crippen LogP) is 14.1. The second-order valence-electron chi connectivity index (χ2n) is 17.8. The third-order valence-corrected chi connectivity index (χ3v) is 14.1. The minimum atomic E-state index is 1.00. The van der Waals surface area contributed by atoms with E-state index in [0.29, 0.717) is 0 Å². The zero-order valence-electron chi connectivity index (χ0n) is 36.1. The molecule has 2 aliphatic carbocycles. The van der Waals surface area contributed by atoms with Gasteiger partial charge in [0, 0.05) is 76.7 Å². The Morgan fingerprint density at radius 1 is 0.379 bits per heavy atom. The predicted molar refractivity (Wildman–Crippen MR) is 279 cm³/mol. The maximum Gasteiger partial charge on any atom is 0.0541 e. The molecule has 0 saturated heterocycles. The molecule has 4 heteroatoms. The third-order valence-electron chi connectivity index (χ3n) is 14.1. The van der Waals surface area contributed by atoms with Crippen LogP contribution in [0.15, 0.2) is 194 Å². The molecule has 2 N–H and O–H groups in total. The molecule has 0 radical (unpaired) electrons. The average Bonchev–Trinajstić information content (AvgIpc) is 4.09.